The fraction of sp³-hybridized carbons (Fsp3) is 0.385. The number of hydrogen-bond donors (Lipinski definition) is 1. The Hall–Kier alpha value is -1.59. The van der Waals surface area contributed by atoms with Gasteiger partial charge in [0, 0.05) is 5.92 Å². The van der Waals surface area contributed by atoms with E-state index in [1.165, 1.54) is 0 Å². The Morgan fingerprint density at radius 3 is 2.89 bits per heavy atom. The number of halogens is 1. The van der Waals surface area contributed by atoms with Gasteiger partial charge in [-0.2, -0.15) is 4.98 Å². The SMILES string of the molecule is COc1c(Cl)cccc1-c1noc(C2CC(O)C2)n1. The minimum Gasteiger partial charge on any atom is -0.494 e. The van der Waals surface area contributed by atoms with Crippen LogP contribution in [0.1, 0.15) is 24.7 Å². The molecule has 1 aromatic heterocycles. The summed E-state index contributed by atoms with van der Waals surface area (Å²) < 4.78 is 10.5. The van der Waals surface area contributed by atoms with Gasteiger partial charge in [-0.05, 0) is 25.0 Å². The van der Waals surface area contributed by atoms with Crippen molar-refractivity contribution in [3.8, 4) is 17.1 Å². The van der Waals surface area contributed by atoms with E-state index in [4.69, 9.17) is 20.9 Å². The van der Waals surface area contributed by atoms with E-state index in [2.05, 4.69) is 10.1 Å². The topological polar surface area (TPSA) is 68.4 Å². The lowest BCUT2D eigenvalue weighted by Crippen LogP contribution is -2.26. The van der Waals surface area contributed by atoms with Gasteiger partial charge < -0.3 is 14.4 Å². The number of ether oxygens (including phenoxy) is 1. The summed E-state index contributed by atoms with van der Waals surface area (Å²) in [6.07, 6.45) is 1.10. The summed E-state index contributed by atoms with van der Waals surface area (Å²) in [6, 6.07) is 5.38. The standard InChI is InChI=1S/C13H13ClN2O3/c1-18-11-9(3-2-4-10(11)14)12-15-13(19-16-12)7-5-8(17)6-7/h2-4,7-8,17H,5-6H2,1H3. The van der Waals surface area contributed by atoms with Gasteiger partial charge in [0.2, 0.25) is 11.7 Å². The highest BCUT2D eigenvalue weighted by Crippen LogP contribution is 2.38. The first-order valence-corrected chi connectivity index (χ1v) is 6.41. The molecule has 1 aromatic carbocycles. The van der Waals surface area contributed by atoms with Crippen molar-refractivity contribution >= 4 is 11.6 Å². The molecule has 0 spiro atoms. The van der Waals surface area contributed by atoms with E-state index >= 15 is 0 Å². The maximum Gasteiger partial charge on any atom is 0.230 e. The molecule has 6 heteroatoms. The Kier molecular flexibility index (Phi) is 3.16. The largest absolute Gasteiger partial charge is 0.494 e. The molecule has 1 aliphatic carbocycles. The Morgan fingerprint density at radius 2 is 2.21 bits per heavy atom. The second-order valence-corrected chi connectivity index (χ2v) is 5.01. The first-order chi connectivity index (χ1) is 9.19. The number of aliphatic hydroxyl groups excluding tert-OH is 1. The Bertz CT molecular complexity index is 593. The van der Waals surface area contributed by atoms with Gasteiger partial charge in [0.15, 0.2) is 0 Å². The zero-order chi connectivity index (χ0) is 13.4. The second kappa shape index (κ2) is 4.83. The zero-order valence-electron chi connectivity index (χ0n) is 10.3. The van der Waals surface area contributed by atoms with Crippen LogP contribution in [-0.4, -0.2) is 28.5 Å². The molecule has 0 unspecified atom stereocenters. The van der Waals surface area contributed by atoms with Crippen LogP contribution in [0.3, 0.4) is 0 Å². The summed E-state index contributed by atoms with van der Waals surface area (Å²) in [7, 11) is 1.55. The minimum atomic E-state index is -0.249. The van der Waals surface area contributed by atoms with E-state index in [0.717, 1.165) is 0 Å². The summed E-state index contributed by atoms with van der Waals surface area (Å²) >= 11 is 6.06. The number of nitrogens with zero attached hydrogens (tertiary/aromatic N) is 2. The molecule has 5 nitrogen and oxygen atoms in total. The van der Waals surface area contributed by atoms with Crippen LogP contribution in [0, 0.1) is 0 Å². The molecule has 19 heavy (non-hydrogen) atoms. The van der Waals surface area contributed by atoms with Gasteiger partial charge in [-0.3, -0.25) is 0 Å². The Balaban J connectivity index is 1.92. The van der Waals surface area contributed by atoms with E-state index in [0.29, 0.717) is 40.9 Å². The van der Waals surface area contributed by atoms with Crippen molar-refractivity contribution in [1.29, 1.82) is 0 Å². The third kappa shape index (κ3) is 2.19. The molecule has 100 valence electrons. The average molecular weight is 281 g/mol. The monoisotopic (exact) mass is 280 g/mol. The van der Waals surface area contributed by atoms with Crippen molar-refractivity contribution in [2.24, 2.45) is 0 Å². The second-order valence-electron chi connectivity index (χ2n) is 4.60. The lowest BCUT2D eigenvalue weighted by molar-refractivity contribution is 0.0625. The summed E-state index contributed by atoms with van der Waals surface area (Å²) in [4.78, 5) is 4.36. The molecule has 1 heterocycles. The van der Waals surface area contributed by atoms with Crippen LogP contribution >= 0.6 is 11.6 Å². The summed E-state index contributed by atoms with van der Waals surface area (Å²) in [5.41, 5.74) is 0.699. The van der Waals surface area contributed by atoms with E-state index in [1.807, 2.05) is 12.1 Å². The predicted octanol–water partition coefficient (Wildman–Crippen LogP) is 2.64. The number of hydrogen-bond acceptors (Lipinski definition) is 5. The van der Waals surface area contributed by atoms with E-state index in [-0.39, 0.29) is 12.0 Å². The van der Waals surface area contributed by atoms with Crippen LogP contribution in [-0.2, 0) is 0 Å². The van der Waals surface area contributed by atoms with Gasteiger partial charge in [0.25, 0.3) is 0 Å². The molecule has 0 bridgehead atoms. The Morgan fingerprint density at radius 1 is 1.42 bits per heavy atom. The predicted molar refractivity (Wildman–Crippen MR) is 69.3 cm³/mol. The van der Waals surface area contributed by atoms with Crippen molar-refractivity contribution in [1.82, 2.24) is 10.1 Å². The maximum atomic E-state index is 9.29. The van der Waals surface area contributed by atoms with Crippen molar-refractivity contribution in [3.63, 3.8) is 0 Å². The number of benzene rings is 1. The molecule has 1 aliphatic rings. The first kappa shape index (κ1) is 12.4. The molecule has 1 saturated carbocycles. The van der Waals surface area contributed by atoms with E-state index < -0.39 is 0 Å². The maximum absolute atomic E-state index is 9.29. The highest BCUT2D eigenvalue weighted by Gasteiger charge is 2.33. The lowest BCUT2D eigenvalue weighted by atomic mass is 9.82. The van der Waals surface area contributed by atoms with Gasteiger partial charge in [0.05, 0.1) is 23.8 Å². The fourth-order valence-electron chi connectivity index (χ4n) is 2.19. The fourth-order valence-corrected chi connectivity index (χ4v) is 2.44. The minimum absolute atomic E-state index is 0.154. The molecule has 0 aliphatic heterocycles. The van der Waals surface area contributed by atoms with Crippen LogP contribution in [0.25, 0.3) is 11.4 Å². The van der Waals surface area contributed by atoms with Gasteiger partial charge in [-0.1, -0.05) is 22.8 Å². The molecule has 1 N–H and O–H groups in total. The lowest BCUT2D eigenvalue weighted by Gasteiger charge is -2.27. The quantitative estimate of drug-likeness (QED) is 0.936. The normalized spacial score (nSPS) is 22.1. The highest BCUT2D eigenvalue weighted by molar-refractivity contribution is 6.32. The average Bonchev–Trinajstić information content (AvgIpc) is 2.83. The summed E-state index contributed by atoms with van der Waals surface area (Å²) in [6.45, 7) is 0. The Labute approximate surface area is 115 Å². The van der Waals surface area contributed by atoms with Gasteiger partial charge in [-0.15, -0.1) is 0 Å². The molecular formula is C13H13ClN2O3. The molecule has 0 amide bonds. The smallest absolute Gasteiger partial charge is 0.230 e. The van der Waals surface area contributed by atoms with Gasteiger partial charge in [0.1, 0.15) is 5.75 Å². The molecule has 0 atom stereocenters. The van der Waals surface area contributed by atoms with Crippen molar-refractivity contribution < 1.29 is 14.4 Å². The molecule has 2 aromatic rings. The van der Waals surface area contributed by atoms with Crippen LogP contribution in [0.5, 0.6) is 5.75 Å². The van der Waals surface area contributed by atoms with Crippen molar-refractivity contribution in [2.75, 3.05) is 7.11 Å². The number of rotatable bonds is 3. The van der Waals surface area contributed by atoms with Crippen LogP contribution in [0.2, 0.25) is 5.02 Å². The molecule has 3 rings (SSSR count). The number of aliphatic hydroxyl groups is 1. The number of methoxy groups -OCH3 is 1. The van der Waals surface area contributed by atoms with Crippen LogP contribution in [0.15, 0.2) is 22.7 Å². The van der Waals surface area contributed by atoms with Crippen molar-refractivity contribution in [2.45, 2.75) is 24.9 Å². The number of aromatic nitrogens is 2. The summed E-state index contributed by atoms with van der Waals surface area (Å²) in [5, 5.41) is 13.8. The van der Waals surface area contributed by atoms with Gasteiger partial charge in [-0.25, -0.2) is 0 Å². The van der Waals surface area contributed by atoms with Crippen LogP contribution in [0.4, 0.5) is 0 Å². The number of para-hydroxylation sites is 1. The molecule has 0 radical (unpaired) electrons. The van der Waals surface area contributed by atoms with E-state index in [9.17, 15) is 5.11 Å². The van der Waals surface area contributed by atoms with Gasteiger partial charge >= 0.3 is 0 Å². The molecule has 1 fully saturated rings. The third-order valence-electron chi connectivity index (χ3n) is 3.32. The first-order valence-electron chi connectivity index (χ1n) is 6.03. The molecular weight excluding hydrogens is 268 g/mol. The van der Waals surface area contributed by atoms with Crippen LogP contribution < -0.4 is 4.74 Å². The third-order valence-corrected chi connectivity index (χ3v) is 3.61. The zero-order valence-corrected chi connectivity index (χ0v) is 11.1. The summed E-state index contributed by atoms with van der Waals surface area (Å²) in [5.74, 6) is 1.70. The van der Waals surface area contributed by atoms with Crippen molar-refractivity contribution in [3.05, 3.63) is 29.1 Å². The van der Waals surface area contributed by atoms with E-state index in [1.54, 1.807) is 13.2 Å². The highest BCUT2D eigenvalue weighted by atomic mass is 35.5. The molecule has 0 saturated heterocycles.